The molecule has 0 spiro atoms. The van der Waals surface area contributed by atoms with Gasteiger partial charge in [-0.3, -0.25) is 4.79 Å². The molecular weight excluding hydrogens is 268 g/mol. The van der Waals surface area contributed by atoms with E-state index in [-0.39, 0.29) is 30.6 Å². The molecule has 0 radical (unpaired) electrons. The van der Waals surface area contributed by atoms with Gasteiger partial charge in [-0.2, -0.15) is 0 Å². The summed E-state index contributed by atoms with van der Waals surface area (Å²) in [6.07, 6.45) is 3.81. The highest BCUT2D eigenvalue weighted by atomic mass is 32.2. The molecule has 0 fully saturated rings. The van der Waals surface area contributed by atoms with E-state index >= 15 is 0 Å². The van der Waals surface area contributed by atoms with Crippen LogP contribution in [-0.4, -0.2) is 50.6 Å². The van der Waals surface area contributed by atoms with E-state index < -0.39 is 15.9 Å². The van der Waals surface area contributed by atoms with Crippen molar-refractivity contribution in [3.8, 4) is 0 Å². The van der Waals surface area contributed by atoms with Crippen molar-refractivity contribution < 1.29 is 18.3 Å². The molecular formula is C12H26N2O4S. The Kier molecular flexibility index (Phi) is 8.95. The van der Waals surface area contributed by atoms with Gasteiger partial charge in [0.1, 0.15) is 9.84 Å². The van der Waals surface area contributed by atoms with E-state index in [9.17, 15) is 13.2 Å². The van der Waals surface area contributed by atoms with Crippen molar-refractivity contribution in [3.63, 3.8) is 0 Å². The molecule has 114 valence electrons. The topological polar surface area (TPSA) is 109 Å². The third kappa shape index (κ3) is 9.86. The van der Waals surface area contributed by atoms with Crippen LogP contribution in [0.3, 0.4) is 0 Å². The van der Waals surface area contributed by atoms with Crippen LogP contribution in [0.4, 0.5) is 0 Å². The van der Waals surface area contributed by atoms with E-state index in [2.05, 4.69) is 5.32 Å². The normalized spacial score (nSPS) is 14.9. The van der Waals surface area contributed by atoms with Gasteiger partial charge in [0.15, 0.2) is 0 Å². The maximum Gasteiger partial charge on any atom is 0.236 e. The summed E-state index contributed by atoms with van der Waals surface area (Å²) in [5.74, 6) is -0.180. The molecule has 0 aromatic carbocycles. The van der Waals surface area contributed by atoms with Gasteiger partial charge in [0, 0.05) is 19.4 Å². The largest absolute Gasteiger partial charge is 0.396 e. The Morgan fingerprint density at radius 1 is 1.32 bits per heavy atom. The highest BCUT2D eigenvalue weighted by Gasteiger charge is 2.17. The van der Waals surface area contributed by atoms with Gasteiger partial charge < -0.3 is 16.2 Å². The first-order chi connectivity index (χ1) is 8.80. The maximum atomic E-state index is 11.7. The smallest absolute Gasteiger partial charge is 0.236 e. The standard InChI is InChI=1S/C12H26N2O4S/c1-3-4-10(5-7-15)9-14-12(16)11(13)6-8-19(2,17)18/h10-11,15H,3-9,13H2,1-2H3,(H,14,16). The van der Waals surface area contributed by atoms with Gasteiger partial charge in [0.05, 0.1) is 11.8 Å². The van der Waals surface area contributed by atoms with Gasteiger partial charge in [-0.1, -0.05) is 13.3 Å². The Balaban J connectivity index is 4.06. The van der Waals surface area contributed by atoms with E-state index in [1.165, 1.54) is 0 Å². The number of carbonyl (C=O) groups excluding carboxylic acids is 1. The second-order valence-corrected chi connectivity index (χ2v) is 7.20. The van der Waals surface area contributed by atoms with E-state index in [4.69, 9.17) is 10.8 Å². The molecule has 2 atom stereocenters. The number of aliphatic hydroxyl groups is 1. The van der Waals surface area contributed by atoms with Crippen molar-refractivity contribution >= 4 is 15.7 Å². The van der Waals surface area contributed by atoms with Crippen molar-refractivity contribution in [1.29, 1.82) is 0 Å². The molecule has 0 saturated heterocycles. The molecule has 0 heterocycles. The number of amides is 1. The molecule has 0 bridgehead atoms. The summed E-state index contributed by atoms with van der Waals surface area (Å²) >= 11 is 0. The number of aliphatic hydroxyl groups excluding tert-OH is 1. The SMILES string of the molecule is CCCC(CCO)CNC(=O)C(N)CCS(C)(=O)=O. The number of rotatable bonds is 10. The molecule has 2 unspecified atom stereocenters. The molecule has 4 N–H and O–H groups in total. The molecule has 1 amide bonds. The highest BCUT2D eigenvalue weighted by molar-refractivity contribution is 7.90. The van der Waals surface area contributed by atoms with Crippen molar-refractivity contribution in [2.75, 3.05) is 25.2 Å². The summed E-state index contributed by atoms with van der Waals surface area (Å²) < 4.78 is 22.0. The van der Waals surface area contributed by atoms with Crippen LogP contribution in [0.1, 0.15) is 32.6 Å². The number of hydrogen-bond donors (Lipinski definition) is 3. The lowest BCUT2D eigenvalue weighted by atomic mass is 10.00. The predicted molar refractivity (Wildman–Crippen MR) is 75.4 cm³/mol. The molecule has 0 saturated carbocycles. The van der Waals surface area contributed by atoms with Gasteiger partial charge in [0.25, 0.3) is 0 Å². The Hall–Kier alpha value is -0.660. The summed E-state index contributed by atoms with van der Waals surface area (Å²) in [7, 11) is -3.09. The highest BCUT2D eigenvalue weighted by Crippen LogP contribution is 2.09. The van der Waals surface area contributed by atoms with Crippen LogP contribution in [0.5, 0.6) is 0 Å². The molecule has 0 aromatic heterocycles. The van der Waals surface area contributed by atoms with Crippen LogP contribution in [-0.2, 0) is 14.6 Å². The fraction of sp³-hybridized carbons (Fsp3) is 0.917. The minimum atomic E-state index is -3.09. The van der Waals surface area contributed by atoms with Crippen LogP contribution in [0, 0.1) is 5.92 Å². The first kappa shape index (κ1) is 18.3. The fourth-order valence-electron chi connectivity index (χ4n) is 1.79. The third-order valence-electron chi connectivity index (χ3n) is 2.94. The lowest BCUT2D eigenvalue weighted by molar-refractivity contribution is -0.122. The van der Waals surface area contributed by atoms with Crippen molar-refractivity contribution in [3.05, 3.63) is 0 Å². The summed E-state index contributed by atoms with van der Waals surface area (Å²) in [6.45, 7) is 2.62. The molecule has 0 aliphatic rings. The number of hydrogen-bond acceptors (Lipinski definition) is 5. The number of carbonyl (C=O) groups is 1. The second-order valence-electron chi connectivity index (χ2n) is 4.94. The van der Waals surface area contributed by atoms with Crippen LogP contribution >= 0.6 is 0 Å². The monoisotopic (exact) mass is 294 g/mol. The van der Waals surface area contributed by atoms with E-state index in [1.54, 1.807) is 0 Å². The Labute approximate surface area is 115 Å². The zero-order valence-electron chi connectivity index (χ0n) is 11.8. The summed E-state index contributed by atoms with van der Waals surface area (Å²) in [6, 6.07) is -0.800. The third-order valence-corrected chi connectivity index (χ3v) is 3.91. The maximum absolute atomic E-state index is 11.7. The molecule has 19 heavy (non-hydrogen) atoms. The lowest BCUT2D eigenvalue weighted by Gasteiger charge is -2.17. The fourth-order valence-corrected chi connectivity index (χ4v) is 2.47. The minimum Gasteiger partial charge on any atom is -0.396 e. The molecule has 0 aromatic rings. The first-order valence-electron chi connectivity index (χ1n) is 6.62. The summed E-state index contributed by atoms with van der Waals surface area (Å²) in [4.78, 5) is 11.7. The van der Waals surface area contributed by atoms with Gasteiger partial charge >= 0.3 is 0 Å². The van der Waals surface area contributed by atoms with E-state index in [0.717, 1.165) is 19.1 Å². The summed E-state index contributed by atoms with van der Waals surface area (Å²) in [5, 5.41) is 11.6. The molecule has 7 heteroatoms. The van der Waals surface area contributed by atoms with E-state index in [0.29, 0.717) is 13.0 Å². The Morgan fingerprint density at radius 3 is 2.42 bits per heavy atom. The average Bonchev–Trinajstić information content (AvgIpc) is 2.32. The molecule has 0 aliphatic heterocycles. The van der Waals surface area contributed by atoms with Crippen molar-refractivity contribution in [1.82, 2.24) is 5.32 Å². The average molecular weight is 294 g/mol. The van der Waals surface area contributed by atoms with Gasteiger partial charge in [-0.15, -0.1) is 0 Å². The molecule has 6 nitrogen and oxygen atoms in total. The van der Waals surface area contributed by atoms with Crippen LogP contribution < -0.4 is 11.1 Å². The number of sulfone groups is 1. The molecule has 0 rings (SSSR count). The zero-order valence-corrected chi connectivity index (χ0v) is 12.6. The Morgan fingerprint density at radius 2 is 1.95 bits per heavy atom. The number of nitrogens with one attached hydrogen (secondary N) is 1. The quantitative estimate of drug-likeness (QED) is 0.511. The van der Waals surface area contributed by atoms with Crippen LogP contribution in [0.25, 0.3) is 0 Å². The van der Waals surface area contributed by atoms with Gasteiger partial charge in [0.2, 0.25) is 5.91 Å². The zero-order chi connectivity index (χ0) is 14.9. The van der Waals surface area contributed by atoms with Gasteiger partial charge in [-0.25, -0.2) is 8.42 Å². The predicted octanol–water partition coefficient (Wildman–Crippen LogP) is -0.337. The van der Waals surface area contributed by atoms with Crippen molar-refractivity contribution in [2.24, 2.45) is 11.7 Å². The second kappa shape index (κ2) is 9.28. The van der Waals surface area contributed by atoms with Crippen molar-refractivity contribution in [2.45, 2.75) is 38.6 Å². The van der Waals surface area contributed by atoms with Crippen LogP contribution in [0.15, 0.2) is 0 Å². The summed E-state index contributed by atoms with van der Waals surface area (Å²) in [5.41, 5.74) is 5.63. The number of nitrogens with two attached hydrogens (primary N) is 1. The van der Waals surface area contributed by atoms with E-state index in [1.807, 2.05) is 6.92 Å². The lowest BCUT2D eigenvalue weighted by Crippen LogP contribution is -2.43. The van der Waals surface area contributed by atoms with Gasteiger partial charge in [-0.05, 0) is 25.2 Å². The molecule has 0 aliphatic carbocycles. The van der Waals surface area contributed by atoms with Crippen LogP contribution in [0.2, 0.25) is 0 Å². The minimum absolute atomic E-state index is 0.0867. The Bertz CT molecular complexity index is 351. The first-order valence-corrected chi connectivity index (χ1v) is 8.68.